The monoisotopic (exact) mass is 380 g/mol. The second kappa shape index (κ2) is 7.47. The Morgan fingerprint density at radius 1 is 1.15 bits per heavy atom. The summed E-state index contributed by atoms with van der Waals surface area (Å²) in [6, 6.07) is 16.3. The van der Waals surface area contributed by atoms with E-state index >= 15 is 0 Å². The summed E-state index contributed by atoms with van der Waals surface area (Å²) in [6.45, 7) is -0.0304. The van der Waals surface area contributed by atoms with Gasteiger partial charge >= 0.3 is 5.97 Å². The number of aromatic nitrogens is 2. The molecule has 6 nitrogen and oxygen atoms in total. The molecule has 0 atom stereocenters. The van der Waals surface area contributed by atoms with Crippen LogP contribution in [0.5, 0.6) is 0 Å². The van der Waals surface area contributed by atoms with E-state index in [0.717, 1.165) is 11.1 Å². The Hall–Kier alpha value is -3.38. The molecule has 0 aliphatic heterocycles. The highest BCUT2D eigenvalue weighted by atomic mass is 35.5. The van der Waals surface area contributed by atoms with Gasteiger partial charge in [0.05, 0.1) is 0 Å². The standard InChI is InChI=1S/C20H13ClN2O4/c21-14-7-5-13(6-8-14)17-11-15(27-23-17)12-25-20(24)10-9-19-22-16-3-1-2-4-18(16)26-19/h1-11H,12H2/b10-9+. The predicted molar refractivity (Wildman–Crippen MR) is 99.8 cm³/mol. The number of hydrogen-bond acceptors (Lipinski definition) is 6. The summed E-state index contributed by atoms with van der Waals surface area (Å²) >= 11 is 5.87. The Bertz CT molecular complexity index is 1080. The van der Waals surface area contributed by atoms with E-state index in [1.54, 1.807) is 24.3 Å². The number of ether oxygens (including phenoxy) is 1. The molecule has 4 rings (SSSR count). The number of para-hydroxylation sites is 2. The van der Waals surface area contributed by atoms with Gasteiger partial charge in [0.15, 0.2) is 18.0 Å². The number of rotatable bonds is 5. The Kier molecular flexibility index (Phi) is 4.72. The summed E-state index contributed by atoms with van der Waals surface area (Å²) in [5.74, 6) is 0.225. The van der Waals surface area contributed by atoms with Gasteiger partial charge in [-0.3, -0.25) is 0 Å². The lowest BCUT2D eigenvalue weighted by Gasteiger charge is -1.96. The molecule has 7 heteroatoms. The van der Waals surface area contributed by atoms with Crippen molar-refractivity contribution in [3.8, 4) is 11.3 Å². The van der Waals surface area contributed by atoms with Crippen LogP contribution in [0.4, 0.5) is 0 Å². The highest BCUT2D eigenvalue weighted by Crippen LogP contribution is 2.21. The summed E-state index contributed by atoms with van der Waals surface area (Å²) in [5, 5.41) is 4.60. The van der Waals surface area contributed by atoms with E-state index in [4.69, 9.17) is 25.3 Å². The second-order valence-electron chi connectivity index (χ2n) is 5.65. The lowest BCUT2D eigenvalue weighted by molar-refractivity contribution is -0.139. The molecule has 2 aromatic heterocycles. The number of benzene rings is 2. The fraction of sp³-hybridized carbons (Fsp3) is 0.0500. The number of hydrogen-bond donors (Lipinski definition) is 0. The van der Waals surface area contributed by atoms with Crippen molar-refractivity contribution in [2.24, 2.45) is 0 Å². The van der Waals surface area contributed by atoms with Crippen LogP contribution in [0.25, 0.3) is 28.4 Å². The van der Waals surface area contributed by atoms with Crippen LogP contribution in [0, 0.1) is 0 Å². The Morgan fingerprint density at radius 2 is 1.96 bits per heavy atom. The minimum Gasteiger partial charge on any atom is -0.454 e. The minimum atomic E-state index is -0.540. The van der Waals surface area contributed by atoms with E-state index in [-0.39, 0.29) is 6.61 Å². The number of carbonyl (C=O) groups excluding carboxylic acids is 1. The average molecular weight is 381 g/mol. The molecule has 4 aromatic rings. The van der Waals surface area contributed by atoms with E-state index in [1.165, 1.54) is 12.2 Å². The average Bonchev–Trinajstić information content (AvgIpc) is 3.32. The summed E-state index contributed by atoms with van der Waals surface area (Å²) in [6.07, 6.45) is 2.71. The van der Waals surface area contributed by atoms with Crippen molar-refractivity contribution >= 4 is 34.7 Å². The molecule has 0 fully saturated rings. The number of carbonyl (C=O) groups is 1. The zero-order valence-corrected chi connectivity index (χ0v) is 14.7. The van der Waals surface area contributed by atoms with Crippen molar-refractivity contribution in [2.45, 2.75) is 6.61 Å². The molecule has 0 unspecified atom stereocenters. The smallest absolute Gasteiger partial charge is 0.331 e. The molecule has 134 valence electrons. The zero-order chi connectivity index (χ0) is 18.6. The number of nitrogens with zero attached hydrogens (tertiary/aromatic N) is 2. The van der Waals surface area contributed by atoms with Crippen LogP contribution in [0.1, 0.15) is 11.7 Å². The summed E-state index contributed by atoms with van der Waals surface area (Å²) in [4.78, 5) is 16.1. The summed E-state index contributed by atoms with van der Waals surface area (Å²) in [7, 11) is 0. The second-order valence-corrected chi connectivity index (χ2v) is 6.08. The quantitative estimate of drug-likeness (QED) is 0.362. The van der Waals surface area contributed by atoms with Crippen LogP contribution in [0.15, 0.2) is 69.6 Å². The molecule has 0 spiro atoms. The van der Waals surface area contributed by atoms with Gasteiger partial charge in [-0.2, -0.15) is 0 Å². The highest BCUT2D eigenvalue weighted by molar-refractivity contribution is 6.30. The van der Waals surface area contributed by atoms with Crippen molar-refractivity contribution in [2.75, 3.05) is 0 Å². The number of oxazole rings is 1. The molecule has 0 aliphatic carbocycles. The van der Waals surface area contributed by atoms with Gasteiger partial charge in [0, 0.05) is 28.8 Å². The van der Waals surface area contributed by atoms with Crippen LogP contribution in [0.2, 0.25) is 5.02 Å². The van der Waals surface area contributed by atoms with Crippen molar-refractivity contribution in [1.29, 1.82) is 0 Å². The molecule has 0 N–H and O–H groups in total. The molecule has 2 heterocycles. The van der Waals surface area contributed by atoms with Crippen molar-refractivity contribution in [1.82, 2.24) is 10.1 Å². The Balaban J connectivity index is 1.35. The van der Waals surface area contributed by atoms with Gasteiger partial charge < -0.3 is 13.7 Å². The van der Waals surface area contributed by atoms with E-state index < -0.39 is 5.97 Å². The topological polar surface area (TPSA) is 78.4 Å². The first-order valence-corrected chi connectivity index (χ1v) is 8.47. The first-order valence-electron chi connectivity index (χ1n) is 8.09. The molecule has 0 radical (unpaired) electrons. The van der Waals surface area contributed by atoms with Crippen LogP contribution >= 0.6 is 11.6 Å². The first-order chi connectivity index (χ1) is 13.2. The summed E-state index contributed by atoms with van der Waals surface area (Å²) < 4.78 is 15.8. The molecule has 0 amide bonds. The molecule has 0 bridgehead atoms. The zero-order valence-electron chi connectivity index (χ0n) is 14.0. The van der Waals surface area contributed by atoms with Crippen LogP contribution < -0.4 is 0 Å². The van der Waals surface area contributed by atoms with Gasteiger partial charge in [-0.05, 0) is 24.3 Å². The molecule has 0 aliphatic rings. The number of esters is 1. The van der Waals surface area contributed by atoms with E-state index in [9.17, 15) is 4.79 Å². The molecule has 0 saturated heterocycles. The van der Waals surface area contributed by atoms with Crippen LogP contribution in [-0.4, -0.2) is 16.1 Å². The van der Waals surface area contributed by atoms with Crippen molar-refractivity contribution in [3.63, 3.8) is 0 Å². The summed E-state index contributed by atoms with van der Waals surface area (Å²) in [5.41, 5.74) is 2.88. The van der Waals surface area contributed by atoms with E-state index in [0.29, 0.717) is 28.0 Å². The highest BCUT2D eigenvalue weighted by Gasteiger charge is 2.09. The SMILES string of the molecule is O=C(/C=C/c1nc2ccccc2o1)OCc1cc(-c2ccc(Cl)cc2)no1. The molecular weight excluding hydrogens is 368 g/mol. The van der Waals surface area contributed by atoms with Gasteiger partial charge in [0.1, 0.15) is 11.2 Å². The van der Waals surface area contributed by atoms with Gasteiger partial charge in [-0.25, -0.2) is 9.78 Å². The van der Waals surface area contributed by atoms with Gasteiger partial charge in [0.25, 0.3) is 0 Å². The predicted octanol–water partition coefficient (Wildman–Crippen LogP) is 4.89. The van der Waals surface area contributed by atoms with E-state index in [1.807, 2.05) is 30.3 Å². The molecule has 0 saturated carbocycles. The first kappa shape index (κ1) is 17.1. The molecule has 2 aromatic carbocycles. The van der Waals surface area contributed by atoms with Gasteiger partial charge in [0.2, 0.25) is 5.89 Å². The van der Waals surface area contributed by atoms with Gasteiger partial charge in [-0.15, -0.1) is 0 Å². The maximum Gasteiger partial charge on any atom is 0.331 e. The number of fused-ring (bicyclic) bond motifs is 1. The third-order valence-corrected chi connectivity index (χ3v) is 3.98. The molecule has 27 heavy (non-hydrogen) atoms. The lowest BCUT2D eigenvalue weighted by atomic mass is 10.1. The normalized spacial score (nSPS) is 11.3. The van der Waals surface area contributed by atoms with E-state index in [2.05, 4.69) is 10.1 Å². The van der Waals surface area contributed by atoms with Crippen LogP contribution in [-0.2, 0) is 16.1 Å². The third kappa shape index (κ3) is 4.07. The van der Waals surface area contributed by atoms with Crippen LogP contribution in [0.3, 0.4) is 0 Å². The minimum absolute atomic E-state index is 0.0304. The lowest BCUT2D eigenvalue weighted by Crippen LogP contribution is -1.99. The van der Waals surface area contributed by atoms with Crippen molar-refractivity contribution < 1.29 is 18.5 Å². The molecular formula is C20H13ClN2O4. The Morgan fingerprint density at radius 3 is 2.78 bits per heavy atom. The number of halogens is 1. The van der Waals surface area contributed by atoms with Crippen molar-refractivity contribution in [3.05, 3.63) is 77.3 Å². The maximum absolute atomic E-state index is 11.9. The third-order valence-electron chi connectivity index (χ3n) is 3.73. The maximum atomic E-state index is 11.9. The van der Waals surface area contributed by atoms with Gasteiger partial charge in [-0.1, -0.05) is 41.0 Å². The fourth-order valence-corrected chi connectivity index (χ4v) is 2.55. The fourth-order valence-electron chi connectivity index (χ4n) is 2.43. The Labute approximate surface area is 159 Å². The largest absolute Gasteiger partial charge is 0.454 e.